The number of hydrogen-bond donors (Lipinski definition) is 1. The van der Waals surface area contributed by atoms with E-state index in [1.165, 1.54) is 37.6 Å². The molecule has 1 N–H and O–H groups in total. The number of anilines is 1. The Bertz CT molecular complexity index is 1010. The highest BCUT2D eigenvalue weighted by Crippen LogP contribution is 2.40. The van der Waals surface area contributed by atoms with Gasteiger partial charge in [0.05, 0.1) is 16.3 Å². The standard InChI is InChI=1S/C24H27ClFN5O/c25-22-2-1-19(26)10-21(22)23-9-16(11-27)24(30-29-23)28-20-7-17-13-31(14-18(17)8-20)12-15-3-5-32-6-4-15/h1-2,9-10,15,17-18,20H,3-8,12-14H2,(H,28,30)/t17-,18+,20+. The normalized spacial score (nSPS) is 26.1. The maximum atomic E-state index is 13.6. The fourth-order valence-electron chi connectivity index (χ4n) is 5.56. The summed E-state index contributed by atoms with van der Waals surface area (Å²) in [6.07, 6.45) is 4.53. The van der Waals surface area contributed by atoms with Crippen molar-refractivity contribution in [1.82, 2.24) is 15.1 Å². The largest absolute Gasteiger partial charge is 0.381 e. The molecule has 2 saturated heterocycles. The van der Waals surface area contributed by atoms with Gasteiger partial charge in [-0.1, -0.05) is 11.6 Å². The van der Waals surface area contributed by atoms with E-state index in [0.717, 1.165) is 45.1 Å². The molecular formula is C24H27ClFN5O. The Balaban J connectivity index is 1.21. The van der Waals surface area contributed by atoms with Crippen LogP contribution < -0.4 is 5.32 Å². The maximum absolute atomic E-state index is 13.6. The highest BCUT2D eigenvalue weighted by molar-refractivity contribution is 6.33. The van der Waals surface area contributed by atoms with Gasteiger partial charge < -0.3 is 15.0 Å². The van der Waals surface area contributed by atoms with Gasteiger partial charge in [-0.3, -0.25) is 0 Å². The summed E-state index contributed by atoms with van der Waals surface area (Å²) >= 11 is 6.19. The second-order valence-corrected chi connectivity index (χ2v) is 9.74. The van der Waals surface area contributed by atoms with Gasteiger partial charge in [-0.05, 0) is 67.7 Å². The van der Waals surface area contributed by atoms with E-state index in [-0.39, 0.29) is 0 Å². The number of fused-ring (bicyclic) bond motifs is 1. The average molecular weight is 456 g/mol. The van der Waals surface area contributed by atoms with E-state index >= 15 is 0 Å². The Morgan fingerprint density at radius 1 is 1.16 bits per heavy atom. The Hall–Kier alpha value is -2.27. The molecule has 1 aromatic heterocycles. The highest BCUT2D eigenvalue weighted by atomic mass is 35.5. The molecule has 0 spiro atoms. The smallest absolute Gasteiger partial charge is 0.166 e. The number of nitrogens with one attached hydrogen (secondary N) is 1. The molecule has 5 rings (SSSR count). The fraction of sp³-hybridized carbons (Fsp3) is 0.542. The second kappa shape index (κ2) is 9.30. The molecule has 168 valence electrons. The Morgan fingerprint density at radius 3 is 2.62 bits per heavy atom. The van der Waals surface area contributed by atoms with Crippen LogP contribution in [-0.2, 0) is 4.74 Å². The van der Waals surface area contributed by atoms with E-state index in [1.54, 1.807) is 6.07 Å². The van der Waals surface area contributed by atoms with Crippen molar-refractivity contribution in [1.29, 1.82) is 5.26 Å². The molecule has 32 heavy (non-hydrogen) atoms. The van der Waals surface area contributed by atoms with E-state index in [1.807, 2.05) is 0 Å². The Morgan fingerprint density at radius 2 is 1.91 bits per heavy atom. The van der Waals surface area contributed by atoms with Crippen molar-refractivity contribution < 1.29 is 9.13 Å². The Labute approximate surface area is 192 Å². The van der Waals surface area contributed by atoms with Crippen LogP contribution in [0.3, 0.4) is 0 Å². The molecule has 3 atom stereocenters. The minimum absolute atomic E-state index is 0.292. The van der Waals surface area contributed by atoms with Crippen molar-refractivity contribution in [2.75, 3.05) is 38.2 Å². The van der Waals surface area contributed by atoms with Crippen LogP contribution in [0.15, 0.2) is 24.3 Å². The van der Waals surface area contributed by atoms with Crippen molar-refractivity contribution in [3.05, 3.63) is 40.7 Å². The molecule has 1 saturated carbocycles. The molecule has 3 aliphatic rings. The molecule has 3 fully saturated rings. The van der Waals surface area contributed by atoms with Gasteiger partial charge in [-0.15, -0.1) is 10.2 Å². The van der Waals surface area contributed by atoms with Crippen LogP contribution >= 0.6 is 11.6 Å². The molecular weight excluding hydrogens is 429 g/mol. The lowest BCUT2D eigenvalue weighted by Crippen LogP contribution is -2.32. The zero-order valence-corrected chi connectivity index (χ0v) is 18.7. The van der Waals surface area contributed by atoms with Gasteiger partial charge in [0.25, 0.3) is 0 Å². The molecule has 0 amide bonds. The van der Waals surface area contributed by atoms with Crippen molar-refractivity contribution in [3.63, 3.8) is 0 Å². The number of ether oxygens (including phenoxy) is 1. The lowest BCUT2D eigenvalue weighted by Gasteiger charge is -2.27. The summed E-state index contributed by atoms with van der Waals surface area (Å²) in [4.78, 5) is 2.64. The summed E-state index contributed by atoms with van der Waals surface area (Å²) < 4.78 is 19.1. The molecule has 2 aliphatic heterocycles. The number of nitrogens with zero attached hydrogens (tertiary/aromatic N) is 4. The number of likely N-dealkylation sites (tertiary alicyclic amines) is 1. The van der Waals surface area contributed by atoms with Crippen LogP contribution in [0.5, 0.6) is 0 Å². The van der Waals surface area contributed by atoms with Crippen LogP contribution in [-0.4, -0.2) is 54.0 Å². The summed E-state index contributed by atoms with van der Waals surface area (Å²) in [5.41, 5.74) is 1.22. The van der Waals surface area contributed by atoms with Gasteiger partial charge in [0, 0.05) is 44.5 Å². The van der Waals surface area contributed by atoms with Gasteiger partial charge in [-0.2, -0.15) is 5.26 Å². The highest BCUT2D eigenvalue weighted by Gasteiger charge is 2.41. The molecule has 8 heteroatoms. The van der Waals surface area contributed by atoms with Crippen molar-refractivity contribution >= 4 is 17.4 Å². The van der Waals surface area contributed by atoms with Crippen LogP contribution in [0, 0.1) is 34.9 Å². The lowest BCUT2D eigenvalue weighted by molar-refractivity contribution is 0.0545. The molecule has 0 unspecified atom stereocenters. The minimum Gasteiger partial charge on any atom is -0.381 e. The van der Waals surface area contributed by atoms with Crippen molar-refractivity contribution in [2.24, 2.45) is 17.8 Å². The number of rotatable bonds is 5. The van der Waals surface area contributed by atoms with Crippen molar-refractivity contribution in [3.8, 4) is 17.3 Å². The third-order valence-electron chi connectivity index (χ3n) is 7.14. The van der Waals surface area contributed by atoms with Gasteiger partial charge in [0.1, 0.15) is 11.9 Å². The van der Waals surface area contributed by atoms with Crippen LogP contribution in [0.1, 0.15) is 31.2 Å². The first-order valence-electron chi connectivity index (χ1n) is 11.4. The molecule has 1 aromatic carbocycles. The van der Waals surface area contributed by atoms with E-state index in [0.29, 0.717) is 45.5 Å². The first kappa shape index (κ1) is 21.6. The number of hydrogen-bond acceptors (Lipinski definition) is 6. The number of nitriles is 1. The molecule has 2 aromatic rings. The topological polar surface area (TPSA) is 74.1 Å². The number of halogens is 2. The zero-order valence-electron chi connectivity index (χ0n) is 17.9. The molecule has 0 radical (unpaired) electrons. The third-order valence-corrected chi connectivity index (χ3v) is 7.47. The predicted octanol–water partition coefficient (Wildman–Crippen LogP) is 4.36. The van der Waals surface area contributed by atoms with E-state index < -0.39 is 5.82 Å². The van der Waals surface area contributed by atoms with E-state index in [2.05, 4.69) is 26.5 Å². The minimum atomic E-state index is -0.407. The maximum Gasteiger partial charge on any atom is 0.166 e. The van der Waals surface area contributed by atoms with E-state index in [4.69, 9.17) is 16.3 Å². The SMILES string of the molecule is N#Cc1cc(-c2cc(F)ccc2Cl)nnc1N[C@H]1C[C@@H]2CN(CC3CCOCC3)C[C@@H]2C1. The van der Waals surface area contributed by atoms with Crippen LogP contribution in [0.2, 0.25) is 5.02 Å². The number of aromatic nitrogens is 2. The quantitative estimate of drug-likeness (QED) is 0.722. The lowest BCUT2D eigenvalue weighted by atomic mass is 10.00. The molecule has 6 nitrogen and oxygen atoms in total. The summed E-state index contributed by atoms with van der Waals surface area (Å²) in [7, 11) is 0. The van der Waals surface area contributed by atoms with Gasteiger partial charge in [0.2, 0.25) is 0 Å². The summed E-state index contributed by atoms with van der Waals surface area (Å²) in [5.74, 6) is 2.24. The van der Waals surface area contributed by atoms with Gasteiger partial charge >= 0.3 is 0 Å². The van der Waals surface area contributed by atoms with Crippen molar-refractivity contribution in [2.45, 2.75) is 31.7 Å². The first-order chi connectivity index (χ1) is 15.6. The first-order valence-corrected chi connectivity index (χ1v) is 11.8. The average Bonchev–Trinajstić information content (AvgIpc) is 3.34. The second-order valence-electron chi connectivity index (χ2n) is 9.33. The molecule has 3 heterocycles. The van der Waals surface area contributed by atoms with E-state index in [9.17, 15) is 9.65 Å². The van der Waals surface area contributed by atoms with Gasteiger partial charge in [0.15, 0.2) is 5.82 Å². The monoisotopic (exact) mass is 455 g/mol. The predicted molar refractivity (Wildman–Crippen MR) is 121 cm³/mol. The van der Waals surface area contributed by atoms with Gasteiger partial charge in [-0.25, -0.2) is 4.39 Å². The summed E-state index contributed by atoms with van der Waals surface area (Å²) in [5, 5.41) is 22.0. The molecule has 0 bridgehead atoms. The molecule has 1 aliphatic carbocycles. The summed E-state index contributed by atoms with van der Waals surface area (Å²) in [6, 6.07) is 8.20. The fourth-order valence-corrected chi connectivity index (χ4v) is 5.77. The van der Waals surface area contributed by atoms with Crippen LogP contribution in [0.25, 0.3) is 11.3 Å². The van der Waals surface area contributed by atoms with Crippen LogP contribution in [0.4, 0.5) is 10.2 Å². The number of benzene rings is 1. The summed E-state index contributed by atoms with van der Waals surface area (Å²) in [6.45, 7) is 5.33. The third kappa shape index (κ3) is 4.59. The Kier molecular flexibility index (Phi) is 6.27. The zero-order chi connectivity index (χ0) is 22.1.